The molecule has 1 atom stereocenters. The Hall–Kier alpha value is -2.69. The second-order valence-electron chi connectivity index (χ2n) is 8.87. The van der Waals surface area contributed by atoms with Gasteiger partial charge in [-0.1, -0.05) is 83.2 Å². The number of para-hydroxylation sites is 1. The largest absolute Gasteiger partial charge is 0.435 e. The molecule has 5 heteroatoms. The second-order valence-corrected chi connectivity index (χ2v) is 8.87. The molecule has 0 fully saturated rings. The van der Waals surface area contributed by atoms with E-state index >= 15 is 0 Å². The van der Waals surface area contributed by atoms with E-state index in [-0.39, 0.29) is 17.5 Å². The van der Waals surface area contributed by atoms with Crippen LogP contribution < -0.4 is 0 Å². The molecular formula is C26H29F3N2. The van der Waals surface area contributed by atoms with Crippen molar-refractivity contribution in [2.45, 2.75) is 64.5 Å². The number of nitrogens with zero attached hydrogens (tertiary/aromatic N) is 2. The monoisotopic (exact) mass is 426 g/mol. The molecule has 0 radical (unpaired) electrons. The van der Waals surface area contributed by atoms with Gasteiger partial charge in [0, 0.05) is 5.41 Å². The lowest BCUT2D eigenvalue weighted by Gasteiger charge is -2.26. The summed E-state index contributed by atoms with van der Waals surface area (Å²) < 4.78 is 42.7. The van der Waals surface area contributed by atoms with Crippen LogP contribution in [-0.2, 0) is 5.41 Å². The van der Waals surface area contributed by atoms with Gasteiger partial charge in [-0.25, -0.2) is 4.99 Å². The molecule has 2 aromatic rings. The van der Waals surface area contributed by atoms with Gasteiger partial charge in [0.25, 0.3) is 0 Å². The van der Waals surface area contributed by atoms with Gasteiger partial charge in [0.1, 0.15) is 0 Å². The van der Waals surface area contributed by atoms with Crippen LogP contribution in [0.2, 0.25) is 0 Å². The maximum Gasteiger partial charge on any atom is 0.435 e. The molecule has 1 heterocycles. The summed E-state index contributed by atoms with van der Waals surface area (Å²) >= 11 is 0. The second kappa shape index (κ2) is 8.81. The predicted molar refractivity (Wildman–Crippen MR) is 121 cm³/mol. The Bertz CT molecular complexity index is 1000. The van der Waals surface area contributed by atoms with Crippen LogP contribution in [0.5, 0.6) is 0 Å². The zero-order chi connectivity index (χ0) is 22.8. The van der Waals surface area contributed by atoms with E-state index in [1.807, 2.05) is 77.1 Å². The minimum Gasteiger partial charge on any atom is -0.250 e. The normalized spacial score (nSPS) is 19.5. The number of pyridine rings is 1. The van der Waals surface area contributed by atoms with Crippen molar-refractivity contribution in [1.29, 1.82) is 0 Å². The summed E-state index contributed by atoms with van der Waals surface area (Å²) in [6.45, 7) is 9.85. The van der Waals surface area contributed by atoms with E-state index < -0.39 is 17.3 Å². The molecule has 0 spiro atoms. The first-order chi connectivity index (χ1) is 14.5. The van der Waals surface area contributed by atoms with Crippen LogP contribution in [0.1, 0.15) is 75.4 Å². The molecule has 1 aliphatic carbocycles. The number of hydrogen-bond donors (Lipinski definition) is 0. The lowest BCUT2D eigenvalue weighted by molar-refractivity contribution is -0.0581. The first-order valence-corrected chi connectivity index (χ1v) is 10.6. The molecule has 0 N–H and O–H groups in total. The van der Waals surface area contributed by atoms with Gasteiger partial charge in [-0.3, -0.25) is 4.98 Å². The van der Waals surface area contributed by atoms with Crippen molar-refractivity contribution >= 4 is 11.4 Å². The number of allylic oxidation sites excluding steroid dienone is 4. The first kappa shape index (κ1) is 23.0. The van der Waals surface area contributed by atoms with Crippen LogP contribution >= 0.6 is 0 Å². The van der Waals surface area contributed by atoms with E-state index in [9.17, 15) is 13.2 Å². The third kappa shape index (κ3) is 4.97. The van der Waals surface area contributed by atoms with Crippen LogP contribution in [0.15, 0.2) is 65.7 Å². The summed E-state index contributed by atoms with van der Waals surface area (Å²) in [5.41, 5.74) is 1.06. The quantitative estimate of drug-likeness (QED) is 0.448. The highest BCUT2D eigenvalue weighted by Crippen LogP contribution is 2.37. The summed E-state index contributed by atoms with van der Waals surface area (Å²) in [7, 11) is 0. The molecular weight excluding hydrogens is 397 g/mol. The summed E-state index contributed by atoms with van der Waals surface area (Å²) in [5, 5.41) is 0. The van der Waals surface area contributed by atoms with Crippen molar-refractivity contribution in [3.05, 3.63) is 83.2 Å². The molecule has 0 saturated heterocycles. The zero-order valence-corrected chi connectivity index (χ0v) is 18.7. The van der Waals surface area contributed by atoms with E-state index in [1.54, 1.807) is 12.1 Å². The Morgan fingerprint density at radius 3 is 2.10 bits per heavy atom. The van der Waals surface area contributed by atoms with Gasteiger partial charge in [0.05, 0.1) is 17.1 Å². The molecule has 1 aromatic heterocycles. The summed E-state index contributed by atoms with van der Waals surface area (Å²) in [4.78, 5) is 8.69. The highest BCUT2D eigenvalue weighted by Gasteiger charge is 2.39. The van der Waals surface area contributed by atoms with Gasteiger partial charge in [0.15, 0.2) is 5.71 Å². The Balaban J connectivity index is 2.21. The average molecular weight is 427 g/mol. The molecule has 0 bridgehead atoms. The minimum atomic E-state index is -4.63. The van der Waals surface area contributed by atoms with Crippen LogP contribution in [0, 0.1) is 0 Å². The molecule has 164 valence electrons. The summed E-state index contributed by atoms with van der Waals surface area (Å²) in [6.07, 6.45) is 3.88. The van der Waals surface area contributed by atoms with Crippen LogP contribution in [0.25, 0.3) is 0 Å². The lowest BCUT2D eigenvalue weighted by atomic mass is 9.80. The molecule has 0 aliphatic heterocycles. The van der Waals surface area contributed by atoms with Crippen molar-refractivity contribution in [2.75, 3.05) is 0 Å². The van der Waals surface area contributed by atoms with Gasteiger partial charge < -0.3 is 0 Å². The van der Waals surface area contributed by atoms with Gasteiger partial charge in [-0.15, -0.1) is 0 Å². The van der Waals surface area contributed by atoms with E-state index in [2.05, 4.69) is 9.98 Å². The van der Waals surface area contributed by atoms with Crippen molar-refractivity contribution < 1.29 is 13.2 Å². The maximum absolute atomic E-state index is 14.2. The van der Waals surface area contributed by atoms with Crippen molar-refractivity contribution in [1.82, 2.24) is 4.98 Å². The van der Waals surface area contributed by atoms with Crippen LogP contribution in [0.3, 0.4) is 0 Å². The van der Waals surface area contributed by atoms with Crippen molar-refractivity contribution in [3.8, 4) is 0 Å². The number of rotatable bonds is 5. The molecule has 0 saturated carbocycles. The Labute approximate surface area is 182 Å². The smallest absolute Gasteiger partial charge is 0.250 e. The number of alkyl halides is 3. The fourth-order valence-electron chi connectivity index (χ4n) is 3.82. The summed E-state index contributed by atoms with van der Waals surface area (Å²) in [5.74, 6) is 0.0913. The number of halogens is 3. The average Bonchev–Trinajstić information content (AvgIpc) is 2.71. The third-order valence-electron chi connectivity index (χ3n) is 5.66. The van der Waals surface area contributed by atoms with Gasteiger partial charge in [0.2, 0.25) is 0 Å². The summed E-state index contributed by atoms with van der Waals surface area (Å²) in [6, 6.07) is 10.4. The standard InChI is InChI=1S/C26H29F3N2/c1-17(2)19-11-9-12-20(18(3)4)23(19)31-24(26(27,28)29)21-13-10-14-22(30-21)25(5)15-7-6-8-16-25/h6-15,17-18H,16H2,1-5H3. The fourth-order valence-corrected chi connectivity index (χ4v) is 3.82. The topological polar surface area (TPSA) is 25.2 Å². The number of benzene rings is 1. The molecule has 3 rings (SSSR count). The number of aromatic nitrogens is 1. The highest BCUT2D eigenvalue weighted by molar-refractivity contribution is 6.05. The molecule has 1 aliphatic rings. The van der Waals surface area contributed by atoms with Gasteiger partial charge in [-0.2, -0.15) is 13.2 Å². The van der Waals surface area contributed by atoms with Crippen molar-refractivity contribution in [3.63, 3.8) is 0 Å². The third-order valence-corrected chi connectivity index (χ3v) is 5.66. The Morgan fingerprint density at radius 1 is 0.968 bits per heavy atom. The van der Waals surface area contributed by atoms with Crippen molar-refractivity contribution in [2.24, 2.45) is 4.99 Å². The minimum absolute atomic E-state index is 0.0456. The zero-order valence-electron chi connectivity index (χ0n) is 18.7. The Morgan fingerprint density at radius 2 is 1.58 bits per heavy atom. The molecule has 31 heavy (non-hydrogen) atoms. The highest BCUT2D eigenvalue weighted by atomic mass is 19.4. The van der Waals surface area contributed by atoms with E-state index in [0.717, 1.165) is 11.1 Å². The molecule has 2 nitrogen and oxygen atoms in total. The van der Waals surface area contributed by atoms with E-state index in [1.165, 1.54) is 6.07 Å². The van der Waals surface area contributed by atoms with Gasteiger partial charge >= 0.3 is 6.18 Å². The fraction of sp³-hybridized carbons (Fsp3) is 0.385. The van der Waals surface area contributed by atoms with Gasteiger partial charge in [-0.05, 0) is 41.5 Å². The number of hydrogen-bond acceptors (Lipinski definition) is 2. The molecule has 1 aromatic carbocycles. The predicted octanol–water partition coefficient (Wildman–Crippen LogP) is 7.79. The van der Waals surface area contributed by atoms with Crippen LogP contribution in [-0.4, -0.2) is 16.9 Å². The molecule has 1 unspecified atom stereocenters. The SMILES string of the molecule is CC(C)c1cccc(C(C)C)c1N=C(c1cccc(C2(C)C=CC=CC2)n1)C(F)(F)F. The van der Waals surface area contributed by atoms with E-state index in [0.29, 0.717) is 17.8 Å². The number of aliphatic imine (C=N–C) groups is 1. The lowest BCUT2D eigenvalue weighted by Crippen LogP contribution is -2.27. The Kier molecular flexibility index (Phi) is 6.54. The van der Waals surface area contributed by atoms with Crippen LogP contribution in [0.4, 0.5) is 18.9 Å². The molecule has 0 amide bonds. The maximum atomic E-state index is 14.2. The first-order valence-electron chi connectivity index (χ1n) is 10.6. The van der Waals surface area contributed by atoms with E-state index in [4.69, 9.17) is 0 Å².